The summed E-state index contributed by atoms with van der Waals surface area (Å²) in [5, 5.41) is -0.315. The van der Waals surface area contributed by atoms with Crippen LogP contribution in [-0.2, 0) is 9.05 Å². The van der Waals surface area contributed by atoms with Crippen LogP contribution in [0.4, 0.5) is 0 Å². The van der Waals surface area contributed by atoms with Crippen molar-refractivity contribution < 1.29 is 8.42 Å². The van der Waals surface area contributed by atoms with Gasteiger partial charge in [-0.2, -0.15) is 4.98 Å². The van der Waals surface area contributed by atoms with E-state index in [1.165, 1.54) is 12.5 Å². The molecule has 0 spiro atoms. The highest BCUT2D eigenvalue weighted by molar-refractivity contribution is 8.13. The van der Waals surface area contributed by atoms with Gasteiger partial charge in [0.1, 0.15) is 11.8 Å². The third kappa shape index (κ3) is 1.47. The summed E-state index contributed by atoms with van der Waals surface area (Å²) in [6.45, 7) is 0. The lowest BCUT2D eigenvalue weighted by molar-refractivity contribution is 0.603. The molecule has 0 aromatic carbocycles. The number of hydrogen-bond acceptors (Lipinski definition) is 5. The molecule has 0 unspecified atom stereocenters. The first-order valence-electron chi connectivity index (χ1n) is 3.18. The van der Waals surface area contributed by atoms with Gasteiger partial charge in [-0.25, -0.2) is 18.4 Å². The van der Waals surface area contributed by atoms with Crippen LogP contribution >= 0.6 is 10.7 Å². The first-order chi connectivity index (χ1) is 6.07. The van der Waals surface area contributed by atoms with Crippen molar-refractivity contribution in [3.05, 3.63) is 12.5 Å². The molecule has 8 heteroatoms. The molecule has 0 fully saturated rings. The van der Waals surface area contributed by atoms with Crippen molar-refractivity contribution in [1.82, 2.24) is 19.9 Å². The Morgan fingerprint density at radius 1 is 1.46 bits per heavy atom. The van der Waals surface area contributed by atoms with Crippen molar-refractivity contribution >= 4 is 30.9 Å². The molecule has 2 rings (SSSR count). The van der Waals surface area contributed by atoms with E-state index in [1.54, 1.807) is 0 Å². The summed E-state index contributed by atoms with van der Waals surface area (Å²) in [6, 6.07) is 0. The summed E-state index contributed by atoms with van der Waals surface area (Å²) in [7, 11) is 1.23. The summed E-state index contributed by atoms with van der Waals surface area (Å²) >= 11 is 0. The minimum atomic E-state index is -3.83. The average Bonchev–Trinajstić information content (AvgIpc) is 2.45. The highest BCUT2D eigenvalue weighted by Gasteiger charge is 2.15. The largest absolute Gasteiger partial charge is 0.325 e. The molecule has 0 aliphatic heterocycles. The van der Waals surface area contributed by atoms with E-state index in [4.69, 9.17) is 10.7 Å². The fraction of sp³-hybridized carbons (Fsp3) is 0. The number of H-pyrrole nitrogens is 1. The quantitative estimate of drug-likeness (QED) is 0.695. The van der Waals surface area contributed by atoms with Crippen LogP contribution in [0.2, 0.25) is 0 Å². The van der Waals surface area contributed by atoms with E-state index >= 15 is 0 Å². The maximum atomic E-state index is 10.8. The number of aromatic nitrogens is 4. The molecule has 0 saturated carbocycles. The lowest BCUT2D eigenvalue weighted by atomic mass is 10.6. The lowest BCUT2D eigenvalue weighted by Gasteiger charge is -1.83. The zero-order valence-electron chi connectivity index (χ0n) is 6.10. The summed E-state index contributed by atoms with van der Waals surface area (Å²) < 4.78 is 21.7. The second-order valence-corrected chi connectivity index (χ2v) is 4.72. The smallest absolute Gasteiger partial charge is 0.294 e. The lowest BCUT2D eigenvalue weighted by Crippen LogP contribution is -1.92. The van der Waals surface area contributed by atoms with Crippen LogP contribution in [0.3, 0.4) is 0 Å². The van der Waals surface area contributed by atoms with Crippen molar-refractivity contribution in [1.29, 1.82) is 0 Å². The predicted octanol–water partition coefficient (Wildman–Crippen LogP) is 0.280. The van der Waals surface area contributed by atoms with Crippen LogP contribution in [0.15, 0.2) is 17.7 Å². The van der Waals surface area contributed by atoms with Gasteiger partial charge >= 0.3 is 0 Å². The SMILES string of the molecule is O=S(=O)(Cl)c1nc2ncncc2[nH]1. The van der Waals surface area contributed by atoms with Crippen LogP contribution in [0.1, 0.15) is 0 Å². The zero-order chi connectivity index (χ0) is 9.47. The summed E-state index contributed by atoms with van der Waals surface area (Å²) in [5.74, 6) is 0. The fourth-order valence-electron chi connectivity index (χ4n) is 0.855. The summed E-state index contributed by atoms with van der Waals surface area (Å²) in [6.07, 6.45) is 2.69. The second kappa shape index (κ2) is 2.64. The van der Waals surface area contributed by atoms with Crippen molar-refractivity contribution in [3.8, 4) is 0 Å². The van der Waals surface area contributed by atoms with Crippen LogP contribution in [0.5, 0.6) is 0 Å². The number of halogens is 1. The molecule has 0 atom stereocenters. The van der Waals surface area contributed by atoms with Gasteiger partial charge in [0, 0.05) is 10.7 Å². The molecule has 0 bridgehead atoms. The third-order valence-corrected chi connectivity index (χ3v) is 2.46. The fourth-order valence-corrected chi connectivity index (χ4v) is 1.50. The minimum absolute atomic E-state index is 0.272. The monoisotopic (exact) mass is 218 g/mol. The molecule has 0 radical (unpaired) electrons. The number of hydrogen-bond donors (Lipinski definition) is 1. The Bertz CT molecular complexity index is 515. The first kappa shape index (κ1) is 8.39. The normalized spacial score (nSPS) is 12.1. The number of rotatable bonds is 1. The third-order valence-electron chi connectivity index (χ3n) is 1.37. The van der Waals surface area contributed by atoms with Gasteiger partial charge in [-0.05, 0) is 0 Å². The Morgan fingerprint density at radius 2 is 2.23 bits per heavy atom. The maximum Gasteiger partial charge on any atom is 0.294 e. The van der Waals surface area contributed by atoms with Crippen LogP contribution in [0, 0.1) is 0 Å². The van der Waals surface area contributed by atoms with Crippen molar-refractivity contribution in [2.45, 2.75) is 5.16 Å². The van der Waals surface area contributed by atoms with E-state index in [0.29, 0.717) is 5.52 Å². The molecule has 0 amide bonds. The first-order valence-corrected chi connectivity index (χ1v) is 5.49. The summed E-state index contributed by atoms with van der Waals surface area (Å²) in [4.78, 5) is 13.6. The molecule has 2 heterocycles. The van der Waals surface area contributed by atoms with Crippen LogP contribution < -0.4 is 0 Å². The predicted molar refractivity (Wildman–Crippen MR) is 44.7 cm³/mol. The Kier molecular flexibility index (Phi) is 1.70. The van der Waals surface area contributed by atoms with Crippen LogP contribution in [0.25, 0.3) is 11.2 Å². The van der Waals surface area contributed by atoms with Crippen molar-refractivity contribution in [2.24, 2.45) is 0 Å². The number of aromatic amines is 1. The number of nitrogens with one attached hydrogen (secondary N) is 1. The Labute approximate surface area is 77.4 Å². The molecule has 0 saturated heterocycles. The molecule has 1 N–H and O–H groups in total. The van der Waals surface area contributed by atoms with E-state index in [-0.39, 0.29) is 10.8 Å². The van der Waals surface area contributed by atoms with Gasteiger partial charge in [0.15, 0.2) is 5.65 Å². The van der Waals surface area contributed by atoms with E-state index in [9.17, 15) is 8.42 Å². The van der Waals surface area contributed by atoms with E-state index in [0.717, 1.165) is 0 Å². The number of fused-ring (bicyclic) bond motifs is 1. The van der Waals surface area contributed by atoms with E-state index in [2.05, 4.69) is 19.9 Å². The Morgan fingerprint density at radius 3 is 2.85 bits per heavy atom. The molecule has 6 nitrogen and oxygen atoms in total. The minimum Gasteiger partial charge on any atom is -0.325 e. The highest BCUT2D eigenvalue weighted by atomic mass is 35.7. The van der Waals surface area contributed by atoms with Crippen molar-refractivity contribution in [3.63, 3.8) is 0 Å². The standard InChI is InChI=1S/C5H3ClN4O2S/c6-13(11,12)5-9-3-1-7-2-8-4(3)10-5/h1-2H,(H,7,8,9,10). The van der Waals surface area contributed by atoms with Gasteiger partial charge in [-0.3, -0.25) is 0 Å². The van der Waals surface area contributed by atoms with Gasteiger partial charge in [-0.1, -0.05) is 0 Å². The molecule has 68 valence electrons. The summed E-state index contributed by atoms with van der Waals surface area (Å²) in [5.41, 5.74) is 0.705. The van der Waals surface area contributed by atoms with Crippen molar-refractivity contribution in [2.75, 3.05) is 0 Å². The molecular formula is C5H3ClN4O2S. The molecule has 0 aliphatic carbocycles. The Hall–Kier alpha value is -1.21. The average molecular weight is 219 g/mol. The van der Waals surface area contributed by atoms with E-state index < -0.39 is 9.05 Å². The number of imidazole rings is 1. The molecule has 2 aromatic heterocycles. The zero-order valence-corrected chi connectivity index (χ0v) is 7.67. The van der Waals surface area contributed by atoms with Gasteiger partial charge in [0.05, 0.1) is 6.20 Å². The molecule has 0 aliphatic rings. The molecular weight excluding hydrogens is 216 g/mol. The second-order valence-electron chi connectivity index (χ2n) is 2.24. The van der Waals surface area contributed by atoms with Crippen LogP contribution in [-0.4, -0.2) is 28.4 Å². The van der Waals surface area contributed by atoms with E-state index in [1.807, 2.05) is 0 Å². The Balaban J connectivity index is 2.77. The van der Waals surface area contributed by atoms with Gasteiger partial charge in [-0.15, -0.1) is 0 Å². The molecule has 2 aromatic rings. The van der Waals surface area contributed by atoms with Gasteiger partial charge in [0.25, 0.3) is 9.05 Å². The van der Waals surface area contributed by atoms with Gasteiger partial charge in [0.2, 0.25) is 5.16 Å². The highest BCUT2D eigenvalue weighted by Crippen LogP contribution is 2.13. The topological polar surface area (TPSA) is 88.6 Å². The van der Waals surface area contributed by atoms with Gasteiger partial charge < -0.3 is 4.98 Å². The molecule has 13 heavy (non-hydrogen) atoms. The number of nitrogens with zero attached hydrogens (tertiary/aromatic N) is 3. The maximum absolute atomic E-state index is 10.8.